The van der Waals surface area contributed by atoms with Gasteiger partial charge in [0.2, 0.25) is 0 Å². The molecular formula is C35H32N2O4. The van der Waals surface area contributed by atoms with Gasteiger partial charge in [0, 0.05) is 46.4 Å². The molecule has 3 N–H and O–H groups in total. The Balaban J connectivity index is 1.38. The maximum Gasteiger partial charge on any atom is 0.128 e. The van der Waals surface area contributed by atoms with Gasteiger partial charge in [-0.1, -0.05) is 72.8 Å². The average molecular weight is 545 g/mol. The van der Waals surface area contributed by atoms with Gasteiger partial charge in [-0.2, -0.15) is 0 Å². The van der Waals surface area contributed by atoms with Gasteiger partial charge in [-0.05, 0) is 48.5 Å². The van der Waals surface area contributed by atoms with E-state index in [9.17, 15) is 15.3 Å². The SMILES string of the molecule is COc1cc(N(c2ccccc2)c2ccccc2)cc(O)c1C1C(O)C(N(c2ccccc2)c2ccccc2)C1O. The summed E-state index contributed by atoms with van der Waals surface area (Å²) in [5.74, 6) is -0.408. The van der Waals surface area contributed by atoms with Crippen molar-refractivity contribution < 1.29 is 20.1 Å². The highest BCUT2D eigenvalue weighted by molar-refractivity contribution is 5.79. The van der Waals surface area contributed by atoms with Crippen LogP contribution in [0.2, 0.25) is 0 Å². The molecule has 1 saturated carbocycles. The third kappa shape index (κ3) is 4.88. The van der Waals surface area contributed by atoms with Crippen LogP contribution in [0.25, 0.3) is 0 Å². The van der Waals surface area contributed by atoms with Gasteiger partial charge in [0.15, 0.2) is 0 Å². The minimum atomic E-state index is -0.976. The topological polar surface area (TPSA) is 76.4 Å². The van der Waals surface area contributed by atoms with E-state index in [0.29, 0.717) is 17.0 Å². The molecule has 2 unspecified atom stereocenters. The van der Waals surface area contributed by atoms with Crippen LogP contribution in [-0.2, 0) is 0 Å². The number of para-hydroxylation sites is 4. The Bertz CT molecular complexity index is 1490. The zero-order valence-corrected chi connectivity index (χ0v) is 22.7. The monoisotopic (exact) mass is 544 g/mol. The number of ether oxygens (including phenoxy) is 1. The Morgan fingerprint density at radius 2 is 0.976 bits per heavy atom. The molecule has 0 heterocycles. The van der Waals surface area contributed by atoms with Gasteiger partial charge in [-0.25, -0.2) is 0 Å². The Kier molecular flexibility index (Phi) is 7.33. The molecule has 6 nitrogen and oxygen atoms in total. The molecule has 0 saturated heterocycles. The van der Waals surface area contributed by atoms with Gasteiger partial charge < -0.3 is 29.9 Å². The van der Waals surface area contributed by atoms with Crippen molar-refractivity contribution >= 4 is 28.4 Å². The predicted octanol–water partition coefficient (Wildman–Crippen LogP) is 6.90. The average Bonchev–Trinajstić information content (AvgIpc) is 3.03. The number of benzene rings is 5. The Morgan fingerprint density at radius 3 is 1.39 bits per heavy atom. The Labute approximate surface area is 239 Å². The molecule has 206 valence electrons. The summed E-state index contributed by atoms with van der Waals surface area (Å²) in [5.41, 5.74) is 4.61. The normalized spacial score (nSPS) is 19.7. The lowest BCUT2D eigenvalue weighted by molar-refractivity contribution is -0.0750. The third-order valence-corrected chi connectivity index (χ3v) is 7.75. The van der Waals surface area contributed by atoms with Gasteiger partial charge in [-0.3, -0.25) is 0 Å². The molecule has 0 aromatic heterocycles. The number of aliphatic hydroxyl groups is 2. The van der Waals surface area contributed by atoms with Crippen molar-refractivity contribution in [2.75, 3.05) is 16.9 Å². The van der Waals surface area contributed by atoms with Crippen LogP contribution in [-0.4, -0.2) is 40.7 Å². The molecule has 0 radical (unpaired) electrons. The molecule has 0 aliphatic heterocycles. The fourth-order valence-electron chi connectivity index (χ4n) is 5.83. The van der Waals surface area contributed by atoms with Gasteiger partial charge in [0.1, 0.15) is 11.5 Å². The summed E-state index contributed by atoms with van der Waals surface area (Å²) in [5, 5.41) is 34.6. The van der Waals surface area contributed by atoms with E-state index >= 15 is 0 Å². The Hall–Kier alpha value is -4.78. The van der Waals surface area contributed by atoms with E-state index < -0.39 is 24.2 Å². The van der Waals surface area contributed by atoms with Crippen molar-refractivity contribution in [3.05, 3.63) is 139 Å². The van der Waals surface area contributed by atoms with E-state index in [1.807, 2.05) is 137 Å². The van der Waals surface area contributed by atoms with Crippen molar-refractivity contribution in [3.8, 4) is 11.5 Å². The number of nitrogens with zero attached hydrogens (tertiary/aromatic N) is 2. The molecule has 41 heavy (non-hydrogen) atoms. The third-order valence-electron chi connectivity index (χ3n) is 7.75. The maximum atomic E-state index is 11.6. The van der Waals surface area contributed by atoms with Crippen LogP contribution in [0, 0.1) is 0 Å². The van der Waals surface area contributed by atoms with Crippen LogP contribution in [0.4, 0.5) is 28.4 Å². The maximum absolute atomic E-state index is 11.6. The Morgan fingerprint density at radius 1 is 0.561 bits per heavy atom. The summed E-state index contributed by atoms with van der Waals surface area (Å²) in [6, 6.07) is 42.0. The molecular weight excluding hydrogens is 512 g/mol. The molecule has 1 fully saturated rings. The molecule has 5 aromatic carbocycles. The van der Waals surface area contributed by atoms with Crippen molar-refractivity contribution in [1.29, 1.82) is 0 Å². The van der Waals surface area contributed by atoms with Crippen molar-refractivity contribution in [3.63, 3.8) is 0 Å². The van der Waals surface area contributed by atoms with E-state index in [2.05, 4.69) is 0 Å². The fraction of sp³-hybridized carbons (Fsp3) is 0.143. The summed E-state index contributed by atoms with van der Waals surface area (Å²) in [6.07, 6.45) is -1.95. The molecule has 0 spiro atoms. The first-order valence-corrected chi connectivity index (χ1v) is 13.6. The summed E-state index contributed by atoms with van der Waals surface area (Å²) in [7, 11) is 1.53. The number of anilines is 5. The highest BCUT2D eigenvalue weighted by Crippen LogP contribution is 2.51. The molecule has 5 aromatic rings. The van der Waals surface area contributed by atoms with Gasteiger partial charge >= 0.3 is 0 Å². The van der Waals surface area contributed by atoms with E-state index in [1.54, 1.807) is 6.07 Å². The van der Waals surface area contributed by atoms with Crippen LogP contribution in [0.1, 0.15) is 11.5 Å². The molecule has 6 rings (SSSR count). The molecule has 0 bridgehead atoms. The minimum absolute atomic E-state index is 0.0521. The number of methoxy groups -OCH3 is 1. The van der Waals surface area contributed by atoms with Gasteiger partial charge in [0.25, 0.3) is 0 Å². The van der Waals surface area contributed by atoms with Crippen molar-refractivity contribution in [1.82, 2.24) is 0 Å². The first-order valence-electron chi connectivity index (χ1n) is 13.6. The summed E-state index contributed by atoms with van der Waals surface area (Å²) in [6.45, 7) is 0. The van der Waals surface area contributed by atoms with Crippen LogP contribution >= 0.6 is 0 Å². The largest absolute Gasteiger partial charge is 0.507 e. The number of phenols is 1. The first-order chi connectivity index (χ1) is 20.1. The summed E-state index contributed by atoms with van der Waals surface area (Å²) >= 11 is 0. The lowest BCUT2D eigenvalue weighted by Gasteiger charge is -2.52. The number of phenolic OH excluding ortho intramolecular Hbond substituents is 1. The second-order valence-electron chi connectivity index (χ2n) is 10.1. The number of hydrogen-bond donors (Lipinski definition) is 3. The molecule has 6 heteroatoms. The molecule has 0 amide bonds. The lowest BCUT2D eigenvalue weighted by Crippen LogP contribution is -2.64. The van der Waals surface area contributed by atoms with Crippen LogP contribution in [0.5, 0.6) is 11.5 Å². The van der Waals surface area contributed by atoms with Gasteiger partial charge in [-0.15, -0.1) is 0 Å². The second kappa shape index (κ2) is 11.4. The summed E-state index contributed by atoms with van der Waals surface area (Å²) in [4.78, 5) is 3.98. The molecule has 2 atom stereocenters. The number of rotatable bonds is 8. The molecule has 1 aliphatic rings. The van der Waals surface area contributed by atoms with E-state index in [1.165, 1.54) is 7.11 Å². The van der Waals surface area contributed by atoms with Crippen LogP contribution in [0.3, 0.4) is 0 Å². The van der Waals surface area contributed by atoms with E-state index in [0.717, 1.165) is 22.7 Å². The second-order valence-corrected chi connectivity index (χ2v) is 10.1. The van der Waals surface area contributed by atoms with E-state index in [4.69, 9.17) is 4.74 Å². The zero-order valence-electron chi connectivity index (χ0n) is 22.7. The molecule has 1 aliphatic carbocycles. The highest BCUT2D eigenvalue weighted by Gasteiger charge is 2.55. The van der Waals surface area contributed by atoms with Crippen LogP contribution < -0.4 is 14.5 Å². The number of aliphatic hydroxyl groups excluding tert-OH is 2. The highest BCUT2D eigenvalue weighted by atomic mass is 16.5. The lowest BCUT2D eigenvalue weighted by atomic mass is 9.68. The predicted molar refractivity (Wildman–Crippen MR) is 163 cm³/mol. The number of hydrogen-bond acceptors (Lipinski definition) is 6. The van der Waals surface area contributed by atoms with Crippen LogP contribution in [0.15, 0.2) is 133 Å². The van der Waals surface area contributed by atoms with E-state index in [-0.39, 0.29) is 5.75 Å². The number of aromatic hydroxyl groups is 1. The fourth-order valence-corrected chi connectivity index (χ4v) is 5.83. The smallest absolute Gasteiger partial charge is 0.128 e. The quantitative estimate of drug-likeness (QED) is 0.197. The van der Waals surface area contributed by atoms with Crippen molar-refractivity contribution in [2.24, 2.45) is 0 Å². The minimum Gasteiger partial charge on any atom is -0.507 e. The standard InChI is InChI=1S/C35H32N2O4/c1-41-30-23-28(36(24-14-6-2-7-15-24)25-16-8-3-9-17-25)22-29(38)31(30)32-34(39)33(35(32)40)37(26-18-10-4-11-19-26)27-20-12-5-13-21-27/h2-23,32-35,38-40H,1H3. The van der Waals surface area contributed by atoms with Crippen molar-refractivity contribution in [2.45, 2.75) is 24.2 Å². The first kappa shape index (κ1) is 26.4. The van der Waals surface area contributed by atoms with Gasteiger partial charge in [0.05, 0.1) is 31.0 Å². The zero-order chi connectivity index (χ0) is 28.3. The summed E-state index contributed by atoms with van der Waals surface area (Å²) < 4.78 is 5.78.